The van der Waals surface area contributed by atoms with Gasteiger partial charge in [0.05, 0.1) is 20.3 Å². The zero-order valence-corrected chi connectivity index (χ0v) is 18.2. The standard InChI is InChI=1S/C21H28N4O4S/c1-16-14-22-21(30-16)23-19(26)15-25(9-3-8-24-10-12-29-13-11-24)20(27)17-4-6-18(28-2)7-5-17/h4-7,14H,3,8-13,15H2,1-2H3,(H,22,23,26). The second kappa shape index (κ2) is 11.1. The van der Waals surface area contributed by atoms with Crippen molar-refractivity contribution >= 4 is 28.3 Å². The topological polar surface area (TPSA) is 84.0 Å². The van der Waals surface area contributed by atoms with Gasteiger partial charge in [-0.2, -0.15) is 0 Å². The molecule has 1 fully saturated rings. The highest BCUT2D eigenvalue weighted by Crippen LogP contribution is 2.17. The summed E-state index contributed by atoms with van der Waals surface area (Å²) >= 11 is 1.41. The number of amides is 2. The third-order valence-corrected chi connectivity index (χ3v) is 5.66. The number of morpholine rings is 1. The van der Waals surface area contributed by atoms with Crippen LogP contribution in [0, 0.1) is 6.92 Å². The van der Waals surface area contributed by atoms with E-state index >= 15 is 0 Å². The molecule has 30 heavy (non-hydrogen) atoms. The minimum atomic E-state index is -0.252. The first-order valence-corrected chi connectivity index (χ1v) is 10.8. The molecule has 1 aromatic heterocycles. The fraction of sp³-hybridized carbons (Fsp3) is 0.476. The smallest absolute Gasteiger partial charge is 0.254 e. The molecule has 0 saturated carbocycles. The van der Waals surface area contributed by atoms with E-state index in [0.29, 0.717) is 23.0 Å². The van der Waals surface area contributed by atoms with Crippen LogP contribution in [0.3, 0.4) is 0 Å². The van der Waals surface area contributed by atoms with E-state index in [1.807, 2.05) is 6.92 Å². The van der Waals surface area contributed by atoms with E-state index in [-0.39, 0.29) is 18.4 Å². The number of benzene rings is 1. The number of methoxy groups -OCH3 is 1. The summed E-state index contributed by atoms with van der Waals surface area (Å²) in [6.45, 7) is 6.54. The lowest BCUT2D eigenvalue weighted by molar-refractivity contribution is -0.116. The summed E-state index contributed by atoms with van der Waals surface area (Å²) in [6, 6.07) is 6.94. The van der Waals surface area contributed by atoms with Crippen molar-refractivity contribution in [1.82, 2.24) is 14.8 Å². The number of hydrogen-bond donors (Lipinski definition) is 1. The number of thiazole rings is 1. The molecular formula is C21H28N4O4S. The molecule has 0 radical (unpaired) electrons. The maximum absolute atomic E-state index is 13.1. The molecular weight excluding hydrogens is 404 g/mol. The monoisotopic (exact) mass is 432 g/mol. The van der Waals surface area contributed by atoms with Crippen molar-refractivity contribution in [2.75, 3.05) is 58.4 Å². The Kier molecular flexibility index (Phi) is 8.18. The van der Waals surface area contributed by atoms with Crippen LogP contribution >= 0.6 is 11.3 Å². The predicted octanol–water partition coefficient (Wildman–Crippen LogP) is 2.26. The summed E-state index contributed by atoms with van der Waals surface area (Å²) in [4.78, 5) is 34.7. The molecule has 1 N–H and O–H groups in total. The Balaban J connectivity index is 1.62. The van der Waals surface area contributed by atoms with Gasteiger partial charge in [0.2, 0.25) is 5.91 Å². The Bertz CT molecular complexity index is 834. The highest BCUT2D eigenvalue weighted by atomic mass is 32.1. The lowest BCUT2D eigenvalue weighted by Gasteiger charge is -2.28. The van der Waals surface area contributed by atoms with E-state index in [0.717, 1.165) is 44.1 Å². The van der Waals surface area contributed by atoms with Gasteiger partial charge in [0, 0.05) is 42.8 Å². The van der Waals surface area contributed by atoms with Crippen LogP contribution in [0.25, 0.3) is 0 Å². The molecule has 2 aromatic rings. The van der Waals surface area contributed by atoms with E-state index < -0.39 is 0 Å². The Labute approximate surface area is 180 Å². The van der Waals surface area contributed by atoms with Crippen molar-refractivity contribution in [1.29, 1.82) is 0 Å². The molecule has 0 bridgehead atoms. The lowest BCUT2D eigenvalue weighted by atomic mass is 10.2. The number of carbonyl (C=O) groups is 2. The second-order valence-corrected chi connectivity index (χ2v) is 8.32. The zero-order chi connectivity index (χ0) is 21.3. The summed E-state index contributed by atoms with van der Waals surface area (Å²) in [5.41, 5.74) is 0.528. The maximum Gasteiger partial charge on any atom is 0.254 e. The van der Waals surface area contributed by atoms with E-state index in [9.17, 15) is 9.59 Å². The van der Waals surface area contributed by atoms with E-state index in [4.69, 9.17) is 9.47 Å². The molecule has 162 valence electrons. The molecule has 1 saturated heterocycles. The molecule has 1 aliphatic rings. The van der Waals surface area contributed by atoms with Crippen molar-refractivity contribution in [3.8, 4) is 5.75 Å². The van der Waals surface area contributed by atoms with Crippen LogP contribution in [0.4, 0.5) is 5.13 Å². The molecule has 0 atom stereocenters. The average Bonchev–Trinajstić information content (AvgIpc) is 3.17. The summed E-state index contributed by atoms with van der Waals surface area (Å²) < 4.78 is 10.5. The molecule has 0 unspecified atom stereocenters. The highest BCUT2D eigenvalue weighted by Gasteiger charge is 2.20. The summed E-state index contributed by atoms with van der Waals surface area (Å²) in [7, 11) is 1.58. The second-order valence-electron chi connectivity index (χ2n) is 7.09. The molecule has 3 rings (SSSR count). The van der Waals surface area contributed by atoms with Gasteiger partial charge in [-0.3, -0.25) is 14.5 Å². The number of nitrogens with one attached hydrogen (secondary N) is 1. The Morgan fingerprint density at radius 3 is 2.63 bits per heavy atom. The van der Waals surface area contributed by atoms with Crippen LogP contribution in [0.15, 0.2) is 30.5 Å². The van der Waals surface area contributed by atoms with Crippen LogP contribution in [-0.2, 0) is 9.53 Å². The van der Waals surface area contributed by atoms with Crippen molar-refractivity contribution in [2.45, 2.75) is 13.3 Å². The van der Waals surface area contributed by atoms with Gasteiger partial charge in [-0.25, -0.2) is 4.98 Å². The van der Waals surface area contributed by atoms with Gasteiger partial charge < -0.3 is 19.7 Å². The van der Waals surface area contributed by atoms with E-state index in [2.05, 4.69) is 15.2 Å². The van der Waals surface area contributed by atoms with Crippen LogP contribution in [0.2, 0.25) is 0 Å². The van der Waals surface area contributed by atoms with Crippen molar-refractivity contribution in [3.63, 3.8) is 0 Å². The molecule has 2 heterocycles. The van der Waals surface area contributed by atoms with Gasteiger partial charge in [0.15, 0.2) is 5.13 Å². The number of carbonyl (C=O) groups excluding carboxylic acids is 2. The Morgan fingerprint density at radius 2 is 2.00 bits per heavy atom. The minimum Gasteiger partial charge on any atom is -0.497 e. The summed E-state index contributed by atoms with van der Waals surface area (Å²) in [5, 5.41) is 3.33. The number of rotatable bonds is 9. The molecule has 2 amide bonds. The van der Waals surface area contributed by atoms with E-state index in [1.165, 1.54) is 11.3 Å². The van der Waals surface area contributed by atoms with Crippen LogP contribution in [-0.4, -0.2) is 79.6 Å². The van der Waals surface area contributed by atoms with Crippen LogP contribution in [0.1, 0.15) is 21.7 Å². The summed E-state index contributed by atoms with van der Waals surface area (Å²) in [6.07, 6.45) is 2.49. The number of ether oxygens (including phenoxy) is 2. The van der Waals surface area contributed by atoms with Gasteiger partial charge in [0.25, 0.3) is 5.91 Å². The largest absolute Gasteiger partial charge is 0.497 e. The van der Waals surface area contributed by atoms with Gasteiger partial charge in [-0.1, -0.05) is 0 Å². The first-order valence-electron chi connectivity index (χ1n) is 10.0. The van der Waals surface area contributed by atoms with Crippen molar-refractivity contribution in [2.24, 2.45) is 0 Å². The fourth-order valence-corrected chi connectivity index (χ4v) is 3.90. The lowest BCUT2D eigenvalue weighted by Crippen LogP contribution is -2.41. The molecule has 1 aliphatic heterocycles. The number of aromatic nitrogens is 1. The number of nitrogens with zero attached hydrogens (tertiary/aromatic N) is 3. The summed E-state index contributed by atoms with van der Waals surface area (Å²) in [5.74, 6) is 0.255. The first-order chi connectivity index (χ1) is 14.5. The quantitative estimate of drug-likeness (QED) is 0.654. The molecule has 9 heteroatoms. The van der Waals surface area contributed by atoms with Crippen molar-refractivity contribution in [3.05, 3.63) is 40.9 Å². The molecule has 1 aromatic carbocycles. The fourth-order valence-electron chi connectivity index (χ4n) is 3.22. The normalized spacial score (nSPS) is 14.3. The first kappa shape index (κ1) is 22.2. The minimum absolute atomic E-state index is 0.0212. The van der Waals surface area contributed by atoms with Gasteiger partial charge in [-0.05, 0) is 37.6 Å². The number of hydrogen-bond acceptors (Lipinski definition) is 7. The van der Waals surface area contributed by atoms with Crippen molar-refractivity contribution < 1.29 is 19.1 Å². The highest BCUT2D eigenvalue weighted by molar-refractivity contribution is 7.15. The third kappa shape index (κ3) is 6.51. The zero-order valence-electron chi connectivity index (χ0n) is 17.4. The molecule has 8 nitrogen and oxygen atoms in total. The van der Waals surface area contributed by atoms with Crippen LogP contribution < -0.4 is 10.1 Å². The van der Waals surface area contributed by atoms with Gasteiger partial charge in [-0.15, -0.1) is 11.3 Å². The average molecular weight is 433 g/mol. The SMILES string of the molecule is COc1ccc(C(=O)N(CCCN2CCOCC2)CC(=O)Nc2ncc(C)s2)cc1. The molecule has 0 spiro atoms. The number of anilines is 1. The van der Waals surface area contributed by atoms with Gasteiger partial charge >= 0.3 is 0 Å². The number of aryl methyl sites for hydroxylation is 1. The van der Waals surface area contributed by atoms with Crippen LogP contribution in [0.5, 0.6) is 5.75 Å². The third-order valence-electron chi connectivity index (χ3n) is 4.83. The van der Waals surface area contributed by atoms with Gasteiger partial charge in [0.1, 0.15) is 12.3 Å². The predicted molar refractivity (Wildman–Crippen MR) is 116 cm³/mol. The Morgan fingerprint density at radius 1 is 1.27 bits per heavy atom. The van der Waals surface area contributed by atoms with E-state index in [1.54, 1.807) is 42.5 Å². The maximum atomic E-state index is 13.1. The Hall–Kier alpha value is -2.49. The molecule has 0 aliphatic carbocycles.